The van der Waals surface area contributed by atoms with Crippen molar-refractivity contribution >= 4 is 0 Å². The molecule has 0 heterocycles. The minimum atomic E-state index is -0.744. The smallest absolute Gasteiger partial charge is 0.124 e. The molecule has 12 heavy (non-hydrogen) atoms. The summed E-state index contributed by atoms with van der Waals surface area (Å²) < 4.78 is 0. The summed E-state index contributed by atoms with van der Waals surface area (Å²) in [4.78, 5) is 0. The number of phenols is 2. The average Bonchev–Trinajstić information content (AvgIpc) is 2.03. The lowest BCUT2D eigenvalue weighted by atomic mass is 10.1. The second kappa shape index (κ2) is 3.42. The van der Waals surface area contributed by atoms with E-state index in [1.165, 1.54) is 18.2 Å². The summed E-state index contributed by atoms with van der Waals surface area (Å²) in [6, 6.07) is 3.57. The lowest BCUT2D eigenvalue weighted by Gasteiger charge is -2.11. The van der Waals surface area contributed by atoms with E-state index in [0.717, 1.165) is 0 Å². The first-order valence-corrected chi connectivity index (χ1v) is 3.54. The number of aromatic hydroxyl groups is 2. The van der Waals surface area contributed by atoms with Crippen LogP contribution in [0.5, 0.6) is 11.5 Å². The molecule has 0 fully saturated rings. The Labute approximate surface area is 69.9 Å². The fourth-order valence-corrected chi connectivity index (χ4v) is 1.01. The fourth-order valence-electron chi connectivity index (χ4n) is 1.01. The number of phenolic OH excluding ortho intramolecular Hbond substituents is 2. The molecule has 0 aliphatic carbocycles. The number of aliphatic hydroxyl groups is 1. The Hall–Kier alpha value is -1.26. The Bertz CT molecular complexity index is 255. The summed E-state index contributed by atoms with van der Waals surface area (Å²) in [5.74, 6) is -0.201. The van der Waals surface area contributed by atoms with Gasteiger partial charge in [0.15, 0.2) is 0 Å². The first-order chi connectivity index (χ1) is 5.66. The van der Waals surface area contributed by atoms with Gasteiger partial charge in [-0.05, 0) is 12.1 Å². The van der Waals surface area contributed by atoms with E-state index in [1.807, 2.05) is 0 Å². The molecule has 0 spiro atoms. The van der Waals surface area contributed by atoms with Gasteiger partial charge in [-0.2, -0.15) is 0 Å². The number of rotatable bonds is 2. The minimum absolute atomic E-state index is 0.100. The number of aliphatic hydroxyl groups excluding tert-OH is 1. The molecule has 1 aromatic carbocycles. The number of hydrogen-bond acceptors (Lipinski definition) is 4. The molecular weight excluding hydrogens is 158 g/mol. The molecule has 5 N–H and O–H groups in total. The van der Waals surface area contributed by atoms with Gasteiger partial charge in [0.25, 0.3) is 0 Å². The molecule has 1 rings (SSSR count). The molecule has 4 heteroatoms. The van der Waals surface area contributed by atoms with Gasteiger partial charge in [0, 0.05) is 0 Å². The maximum atomic E-state index is 9.24. The molecule has 0 aromatic heterocycles. The summed E-state index contributed by atoms with van der Waals surface area (Å²) in [5.41, 5.74) is 5.61. The van der Waals surface area contributed by atoms with Crippen molar-refractivity contribution in [3.63, 3.8) is 0 Å². The van der Waals surface area contributed by atoms with Crippen LogP contribution in [0.4, 0.5) is 0 Å². The van der Waals surface area contributed by atoms with E-state index < -0.39 is 6.04 Å². The Kier molecular flexibility index (Phi) is 2.52. The molecule has 1 aromatic rings. The molecule has 66 valence electrons. The maximum absolute atomic E-state index is 9.24. The highest BCUT2D eigenvalue weighted by Gasteiger charge is 2.13. The first-order valence-electron chi connectivity index (χ1n) is 3.54. The van der Waals surface area contributed by atoms with E-state index in [4.69, 9.17) is 10.8 Å². The van der Waals surface area contributed by atoms with Crippen LogP contribution in [0.2, 0.25) is 0 Å². The van der Waals surface area contributed by atoms with Crippen LogP contribution in [0.15, 0.2) is 18.2 Å². The van der Waals surface area contributed by atoms with Crippen LogP contribution in [-0.2, 0) is 0 Å². The second-order valence-electron chi connectivity index (χ2n) is 2.50. The largest absolute Gasteiger partial charge is 0.507 e. The number of nitrogens with two attached hydrogens (primary N) is 1. The third kappa shape index (κ3) is 1.49. The lowest BCUT2D eigenvalue weighted by Crippen LogP contribution is -2.14. The van der Waals surface area contributed by atoms with Gasteiger partial charge in [-0.1, -0.05) is 6.07 Å². The van der Waals surface area contributed by atoms with Gasteiger partial charge in [0.2, 0.25) is 0 Å². The van der Waals surface area contributed by atoms with Gasteiger partial charge >= 0.3 is 0 Å². The van der Waals surface area contributed by atoms with E-state index in [2.05, 4.69) is 0 Å². The van der Waals surface area contributed by atoms with Gasteiger partial charge in [-0.25, -0.2) is 0 Å². The molecule has 0 unspecified atom stereocenters. The van der Waals surface area contributed by atoms with Crippen molar-refractivity contribution in [3.05, 3.63) is 23.8 Å². The standard InChI is InChI=1S/C8H11NO3/c9-5(4-10)8-6(11)2-1-3-7(8)12/h1-3,5,10-12H,4,9H2/t5-/m1/s1. The highest BCUT2D eigenvalue weighted by Crippen LogP contribution is 2.30. The predicted molar refractivity (Wildman–Crippen MR) is 43.8 cm³/mol. The van der Waals surface area contributed by atoms with Crippen molar-refractivity contribution in [3.8, 4) is 11.5 Å². The van der Waals surface area contributed by atoms with Crippen molar-refractivity contribution in [2.45, 2.75) is 6.04 Å². The summed E-state index contributed by atoms with van der Waals surface area (Å²) in [5, 5.41) is 27.2. The van der Waals surface area contributed by atoms with Crippen LogP contribution in [0, 0.1) is 0 Å². The van der Waals surface area contributed by atoms with Crippen LogP contribution in [0.1, 0.15) is 11.6 Å². The van der Waals surface area contributed by atoms with Gasteiger partial charge in [-0.15, -0.1) is 0 Å². The van der Waals surface area contributed by atoms with Gasteiger partial charge in [0.05, 0.1) is 18.2 Å². The topological polar surface area (TPSA) is 86.7 Å². The molecule has 0 aliphatic rings. The molecule has 0 aliphatic heterocycles. The molecule has 0 saturated carbocycles. The molecule has 0 radical (unpaired) electrons. The summed E-state index contributed by atoms with van der Waals surface area (Å²) in [6.45, 7) is -0.314. The zero-order valence-corrected chi connectivity index (χ0v) is 6.44. The summed E-state index contributed by atoms with van der Waals surface area (Å²) >= 11 is 0. The molecule has 0 saturated heterocycles. The molecule has 0 bridgehead atoms. The Morgan fingerprint density at radius 2 is 1.75 bits per heavy atom. The lowest BCUT2D eigenvalue weighted by molar-refractivity contribution is 0.262. The van der Waals surface area contributed by atoms with E-state index in [9.17, 15) is 10.2 Å². The highest BCUT2D eigenvalue weighted by atomic mass is 16.3. The zero-order chi connectivity index (χ0) is 9.14. The zero-order valence-electron chi connectivity index (χ0n) is 6.44. The normalized spacial score (nSPS) is 12.8. The quantitative estimate of drug-likeness (QED) is 0.505. The van der Waals surface area contributed by atoms with Crippen LogP contribution < -0.4 is 5.73 Å². The van der Waals surface area contributed by atoms with E-state index in [-0.39, 0.29) is 23.7 Å². The first kappa shape index (κ1) is 8.83. The van der Waals surface area contributed by atoms with Gasteiger partial charge < -0.3 is 21.1 Å². The minimum Gasteiger partial charge on any atom is -0.507 e. The third-order valence-corrected chi connectivity index (χ3v) is 1.63. The molecule has 4 nitrogen and oxygen atoms in total. The Morgan fingerprint density at radius 1 is 1.25 bits per heavy atom. The maximum Gasteiger partial charge on any atom is 0.124 e. The average molecular weight is 169 g/mol. The number of benzene rings is 1. The Morgan fingerprint density at radius 3 is 2.17 bits per heavy atom. The van der Waals surface area contributed by atoms with Crippen LogP contribution in [0.3, 0.4) is 0 Å². The van der Waals surface area contributed by atoms with Crippen LogP contribution in [0.25, 0.3) is 0 Å². The van der Waals surface area contributed by atoms with Crippen molar-refractivity contribution in [2.75, 3.05) is 6.61 Å². The molecular formula is C8H11NO3. The molecule has 0 amide bonds. The van der Waals surface area contributed by atoms with E-state index >= 15 is 0 Å². The second-order valence-corrected chi connectivity index (χ2v) is 2.50. The highest BCUT2D eigenvalue weighted by molar-refractivity contribution is 5.44. The molecule has 1 atom stereocenters. The van der Waals surface area contributed by atoms with Gasteiger partial charge in [-0.3, -0.25) is 0 Å². The number of hydrogen-bond donors (Lipinski definition) is 4. The van der Waals surface area contributed by atoms with Crippen molar-refractivity contribution in [2.24, 2.45) is 5.73 Å². The van der Waals surface area contributed by atoms with Crippen molar-refractivity contribution in [1.29, 1.82) is 0 Å². The predicted octanol–water partition coefficient (Wildman–Crippen LogP) is 0.0899. The Balaban J connectivity index is 3.12. The third-order valence-electron chi connectivity index (χ3n) is 1.63. The summed E-state index contributed by atoms with van der Waals surface area (Å²) in [7, 11) is 0. The van der Waals surface area contributed by atoms with Crippen LogP contribution >= 0.6 is 0 Å². The van der Waals surface area contributed by atoms with Crippen LogP contribution in [-0.4, -0.2) is 21.9 Å². The SMILES string of the molecule is N[C@H](CO)c1c(O)cccc1O. The van der Waals surface area contributed by atoms with Crippen molar-refractivity contribution < 1.29 is 15.3 Å². The van der Waals surface area contributed by atoms with E-state index in [1.54, 1.807) is 0 Å². The fraction of sp³-hybridized carbons (Fsp3) is 0.250. The van der Waals surface area contributed by atoms with Crippen molar-refractivity contribution in [1.82, 2.24) is 0 Å². The van der Waals surface area contributed by atoms with E-state index in [0.29, 0.717) is 0 Å². The summed E-state index contributed by atoms with van der Waals surface area (Å²) in [6.07, 6.45) is 0. The monoisotopic (exact) mass is 169 g/mol. The van der Waals surface area contributed by atoms with Gasteiger partial charge in [0.1, 0.15) is 11.5 Å².